The van der Waals surface area contributed by atoms with Gasteiger partial charge in [0.1, 0.15) is 6.33 Å². The highest BCUT2D eigenvalue weighted by Crippen LogP contribution is 2.35. The Hall–Kier alpha value is -2.95. The van der Waals surface area contributed by atoms with Gasteiger partial charge in [0.05, 0.1) is 31.5 Å². The van der Waals surface area contributed by atoms with E-state index in [9.17, 15) is 14.9 Å². The first-order chi connectivity index (χ1) is 13.9. The van der Waals surface area contributed by atoms with Crippen LogP contribution in [0.3, 0.4) is 0 Å². The number of nitriles is 1. The Morgan fingerprint density at radius 1 is 1.48 bits per heavy atom. The predicted molar refractivity (Wildman–Crippen MR) is 109 cm³/mol. The number of hydrogen-bond donors (Lipinski definition) is 1. The molecule has 0 spiro atoms. The lowest BCUT2D eigenvalue weighted by Gasteiger charge is -2.05. The molecule has 3 rings (SSSR count). The molecule has 1 amide bonds. The van der Waals surface area contributed by atoms with Crippen LogP contribution in [0, 0.1) is 28.4 Å². The molecule has 1 N–H and O–H groups in total. The molecule has 29 heavy (non-hydrogen) atoms. The number of rotatable bonds is 7. The number of thiazole rings is 1. The summed E-state index contributed by atoms with van der Waals surface area (Å²) in [7, 11) is 1.73. The first-order valence-electron chi connectivity index (χ1n) is 7.98. The van der Waals surface area contributed by atoms with E-state index in [1.54, 1.807) is 18.5 Å². The second-order valence-electron chi connectivity index (χ2n) is 5.56. The topological polar surface area (TPSA) is 140 Å². The molecule has 0 radical (unpaired) electrons. The Morgan fingerprint density at radius 2 is 2.28 bits per heavy atom. The number of nitro groups is 1. The molecule has 0 saturated carbocycles. The molecule has 3 aromatic rings. The van der Waals surface area contributed by atoms with E-state index in [2.05, 4.69) is 20.5 Å². The van der Waals surface area contributed by atoms with E-state index >= 15 is 0 Å². The van der Waals surface area contributed by atoms with Crippen LogP contribution in [0.15, 0.2) is 38.8 Å². The number of nitrogens with zero attached hydrogens (tertiary/aromatic N) is 6. The molecule has 2 aromatic heterocycles. The van der Waals surface area contributed by atoms with Gasteiger partial charge in [-0.1, -0.05) is 23.1 Å². The molecule has 2 heterocycles. The fourth-order valence-corrected chi connectivity index (χ4v) is 4.83. The number of amides is 1. The number of hydrogen-bond acceptors (Lipinski definition) is 10. The van der Waals surface area contributed by atoms with E-state index in [0.29, 0.717) is 20.9 Å². The summed E-state index contributed by atoms with van der Waals surface area (Å²) >= 11 is 3.68. The summed E-state index contributed by atoms with van der Waals surface area (Å²) in [4.78, 5) is 28.1. The molecule has 13 heteroatoms. The van der Waals surface area contributed by atoms with Crippen molar-refractivity contribution in [1.29, 1.82) is 5.26 Å². The van der Waals surface area contributed by atoms with Crippen LogP contribution in [-0.4, -0.2) is 36.3 Å². The van der Waals surface area contributed by atoms with Crippen molar-refractivity contribution >= 4 is 51.6 Å². The van der Waals surface area contributed by atoms with Crippen molar-refractivity contribution in [2.24, 2.45) is 7.05 Å². The van der Waals surface area contributed by atoms with E-state index in [4.69, 9.17) is 5.26 Å². The maximum atomic E-state index is 12.5. The second kappa shape index (κ2) is 9.03. The minimum absolute atomic E-state index is 0.137. The summed E-state index contributed by atoms with van der Waals surface area (Å²) in [5.41, 5.74) is 0.649. The Bertz CT molecular complexity index is 1120. The molecule has 0 aliphatic heterocycles. The zero-order valence-electron chi connectivity index (χ0n) is 15.1. The fraction of sp³-hybridized carbons (Fsp3) is 0.188. The van der Waals surface area contributed by atoms with Crippen LogP contribution in [0.4, 0.5) is 10.8 Å². The molecular formula is C16H13N7O3S3. The lowest BCUT2D eigenvalue weighted by molar-refractivity contribution is -0.387. The molecule has 0 unspecified atom stereocenters. The SMILES string of the molecule is Cc1nc(NC(=O)c2ccc(Sc3nncn3C)c([N+](=O)[O-])c2)sc1SCC#N. The zero-order chi connectivity index (χ0) is 21.0. The van der Waals surface area contributed by atoms with Crippen molar-refractivity contribution in [3.8, 4) is 6.07 Å². The fourth-order valence-electron chi connectivity index (χ4n) is 2.19. The first kappa shape index (κ1) is 20.8. The van der Waals surface area contributed by atoms with Gasteiger partial charge in [-0.05, 0) is 30.8 Å². The van der Waals surface area contributed by atoms with Gasteiger partial charge >= 0.3 is 0 Å². The number of carbonyl (C=O) groups excluding carboxylic acids is 1. The Kier molecular flexibility index (Phi) is 6.47. The Labute approximate surface area is 177 Å². The smallest absolute Gasteiger partial charge is 0.284 e. The summed E-state index contributed by atoms with van der Waals surface area (Å²) < 4.78 is 2.48. The van der Waals surface area contributed by atoms with Crippen LogP contribution in [0.5, 0.6) is 0 Å². The van der Waals surface area contributed by atoms with Gasteiger partial charge in [-0.2, -0.15) is 5.26 Å². The average molecular weight is 448 g/mol. The standard InChI is InChI=1S/C16H13N7O3S3/c1-9-14(27-6-5-17)29-15(19-9)20-13(24)10-3-4-12(11(7-10)23(25)26)28-16-21-18-8-22(16)2/h3-4,7-8H,6H2,1-2H3,(H,19,20,24). The molecule has 0 aliphatic rings. The lowest BCUT2D eigenvalue weighted by atomic mass is 10.2. The number of thioether (sulfide) groups is 1. The minimum Gasteiger partial charge on any atom is -0.311 e. The van der Waals surface area contributed by atoms with Crippen LogP contribution in [0.1, 0.15) is 16.1 Å². The van der Waals surface area contributed by atoms with E-state index in [0.717, 1.165) is 16.0 Å². The quantitative estimate of drug-likeness (QED) is 0.327. The molecule has 148 valence electrons. The van der Waals surface area contributed by atoms with E-state index in [1.165, 1.54) is 47.6 Å². The summed E-state index contributed by atoms with van der Waals surface area (Å²) in [6, 6.07) is 6.28. The lowest BCUT2D eigenvalue weighted by Crippen LogP contribution is -2.12. The molecule has 0 bridgehead atoms. The number of nitrogens with one attached hydrogen (secondary N) is 1. The molecule has 1 aromatic carbocycles. The number of anilines is 1. The largest absolute Gasteiger partial charge is 0.311 e. The summed E-state index contributed by atoms with van der Waals surface area (Å²) in [6.45, 7) is 1.79. The summed E-state index contributed by atoms with van der Waals surface area (Å²) in [5, 5.41) is 31.3. The third kappa shape index (κ3) is 4.91. The van der Waals surface area contributed by atoms with Gasteiger partial charge in [-0.3, -0.25) is 20.2 Å². The maximum absolute atomic E-state index is 12.5. The highest BCUT2D eigenvalue weighted by atomic mass is 32.2. The van der Waals surface area contributed by atoms with Gasteiger partial charge in [-0.25, -0.2) is 4.98 Å². The molecule has 0 atom stereocenters. The number of carbonyl (C=O) groups is 1. The minimum atomic E-state index is -0.542. The third-order valence-corrected chi connectivity index (χ3v) is 6.95. The summed E-state index contributed by atoms with van der Waals surface area (Å²) in [6.07, 6.45) is 1.50. The average Bonchev–Trinajstić information content (AvgIpc) is 3.25. The van der Waals surface area contributed by atoms with Crippen LogP contribution in [0.25, 0.3) is 0 Å². The van der Waals surface area contributed by atoms with Gasteiger partial charge in [0.25, 0.3) is 11.6 Å². The molecule has 0 aliphatic carbocycles. The molecule has 0 fully saturated rings. The molecule has 0 saturated heterocycles. The Morgan fingerprint density at radius 3 is 2.93 bits per heavy atom. The van der Waals surface area contributed by atoms with Gasteiger partial charge < -0.3 is 4.57 Å². The van der Waals surface area contributed by atoms with E-state index in [1.807, 2.05) is 6.07 Å². The van der Waals surface area contributed by atoms with E-state index in [-0.39, 0.29) is 17.0 Å². The highest BCUT2D eigenvalue weighted by molar-refractivity contribution is 8.01. The van der Waals surface area contributed by atoms with Crippen LogP contribution in [-0.2, 0) is 7.05 Å². The van der Waals surface area contributed by atoms with Gasteiger partial charge in [0.15, 0.2) is 10.3 Å². The maximum Gasteiger partial charge on any atom is 0.284 e. The summed E-state index contributed by atoms with van der Waals surface area (Å²) in [5.74, 6) is -0.221. The van der Waals surface area contributed by atoms with Gasteiger partial charge in [0.2, 0.25) is 0 Å². The number of aryl methyl sites for hydroxylation is 2. The van der Waals surface area contributed by atoms with Crippen molar-refractivity contribution in [2.45, 2.75) is 21.2 Å². The van der Waals surface area contributed by atoms with Crippen molar-refractivity contribution < 1.29 is 9.72 Å². The van der Waals surface area contributed by atoms with Gasteiger partial charge in [-0.15, -0.1) is 10.2 Å². The van der Waals surface area contributed by atoms with Crippen LogP contribution >= 0.6 is 34.9 Å². The monoisotopic (exact) mass is 447 g/mol. The van der Waals surface area contributed by atoms with Crippen molar-refractivity contribution in [2.75, 3.05) is 11.1 Å². The third-order valence-electron chi connectivity index (χ3n) is 3.53. The number of aromatic nitrogens is 4. The van der Waals surface area contributed by atoms with Crippen molar-refractivity contribution in [3.05, 3.63) is 45.9 Å². The van der Waals surface area contributed by atoms with Crippen molar-refractivity contribution in [1.82, 2.24) is 19.7 Å². The number of benzene rings is 1. The van der Waals surface area contributed by atoms with Crippen LogP contribution in [0.2, 0.25) is 0 Å². The van der Waals surface area contributed by atoms with Crippen molar-refractivity contribution in [3.63, 3.8) is 0 Å². The number of nitro benzene ring substituents is 1. The van der Waals surface area contributed by atoms with E-state index < -0.39 is 10.8 Å². The van der Waals surface area contributed by atoms with Gasteiger partial charge in [0, 0.05) is 18.7 Å². The zero-order valence-corrected chi connectivity index (χ0v) is 17.6. The Balaban J connectivity index is 1.81. The first-order valence-corrected chi connectivity index (χ1v) is 10.6. The van der Waals surface area contributed by atoms with Crippen LogP contribution < -0.4 is 5.32 Å². The second-order valence-corrected chi connectivity index (χ2v) is 8.81. The molecule has 10 nitrogen and oxygen atoms in total. The highest BCUT2D eigenvalue weighted by Gasteiger charge is 2.21. The predicted octanol–water partition coefficient (Wildman–Crippen LogP) is 3.51. The normalized spacial score (nSPS) is 10.5. The molecular weight excluding hydrogens is 434 g/mol.